The lowest BCUT2D eigenvalue weighted by molar-refractivity contribution is 0.0789. The molecule has 1 aliphatic heterocycles. The minimum atomic E-state index is 0.0744. The average Bonchev–Trinajstić information content (AvgIpc) is 3.13. The van der Waals surface area contributed by atoms with Gasteiger partial charge in [0.2, 0.25) is 0 Å². The second-order valence-electron chi connectivity index (χ2n) is 5.84. The van der Waals surface area contributed by atoms with Crippen LogP contribution in [0.5, 0.6) is 5.75 Å². The van der Waals surface area contributed by atoms with Gasteiger partial charge in [-0.1, -0.05) is 12.1 Å². The monoisotopic (exact) mass is 299 g/mol. The highest BCUT2D eigenvalue weighted by Crippen LogP contribution is 2.30. The lowest BCUT2D eigenvalue weighted by atomic mass is 9.98. The Hall–Kier alpha value is -2.23. The number of carbonyl (C=O) groups excluding carboxylic acids is 1. The molecule has 0 bridgehead atoms. The Kier molecular flexibility index (Phi) is 3.92. The molecule has 1 saturated heterocycles. The SMILES string of the molecule is COc1ccc([C@H]2CCN(C(=O)c3cc(C)oc3C)C2)cc1. The molecule has 116 valence electrons. The highest BCUT2D eigenvalue weighted by molar-refractivity contribution is 5.95. The van der Waals surface area contributed by atoms with E-state index in [0.717, 1.165) is 31.0 Å². The zero-order valence-electron chi connectivity index (χ0n) is 13.3. The molecule has 0 spiro atoms. The molecule has 0 N–H and O–H groups in total. The normalized spacial score (nSPS) is 17.8. The molecule has 0 radical (unpaired) electrons. The molecule has 1 aromatic carbocycles. The van der Waals surface area contributed by atoms with E-state index in [1.807, 2.05) is 36.9 Å². The largest absolute Gasteiger partial charge is 0.497 e. The van der Waals surface area contributed by atoms with Gasteiger partial charge in [-0.25, -0.2) is 0 Å². The predicted molar refractivity (Wildman–Crippen MR) is 84.4 cm³/mol. The van der Waals surface area contributed by atoms with Crippen LogP contribution in [0.1, 0.15) is 39.8 Å². The van der Waals surface area contributed by atoms with E-state index in [1.165, 1.54) is 5.56 Å². The molecule has 1 aliphatic rings. The number of carbonyl (C=O) groups is 1. The van der Waals surface area contributed by atoms with Crippen LogP contribution < -0.4 is 4.74 Å². The topological polar surface area (TPSA) is 42.7 Å². The summed E-state index contributed by atoms with van der Waals surface area (Å²) >= 11 is 0. The second kappa shape index (κ2) is 5.87. The van der Waals surface area contributed by atoms with Crippen molar-refractivity contribution in [3.05, 3.63) is 53.0 Å². The number of benzene rings is 1. The number of aryl methyl sites for hydroxylation is 2. The molecular formula is C18H21NO3. The highest BCUT2D eigenvalue weighted by atomic mass is 16.5. The van der Waals surface area contributed by atoms with E-state index in [1.54, 1.807) is 7.11 Å². The Morgan fingerprint density at radius 1 is 1.27 bits per heavy atom. The third-order valence-corrected chi connectivity index (χ3v) is 4.33. The van der Waals surface area contributed by atoms with Crippen LogP contribution >= 0.6 is 0 Å². The molecule has 4 nitrogen and oxygen atoms in total. The molecule has 0 aliphatic carbocycles. The summed E-state index contributed by atoms with van der Waals surface area (Å²) in [5.41, 5.74) is 1.95. The zero-order valence-corrected chi connectivity index (χ0v) is 13.3. The Morgan fingerprint density at radius 2 is 2.00 bits per heavy atom. The summed E-state index contributed by atoms with van der Waals surface area (Å²) in [6.07, 6.45) is 0.994. The Balaban J connectivity index is 1.71. The number of methoxy groups -OCH3 is 1. The molecule has 4 heteroatoms. The predicted octanol–water partition coefficient (Wildman–Crippen LogP) is 3.53. The smallest absolute Gasteiger partial charge is 0.257 e. The van der Waals surface area contributed by atoms with Crippen LogP contribution in [0.2, 0.25) is 0 Å². The first kappa shape index (κ1) is 14.7. The van der Waals surface area contributed by atoms with Crippen molar-refractivity contribution in [2.24, 2.45) is 0 Å². The fourth-order valence-electron chi connectivity index (χ4n) is 3.11. The maximum Gasteiger partial charge on any atom is 0.257 e. The molecule has 0 unspecified atom stereocenters. The Morgan fingerprint density at radius 3 is 2.59 bits per heavy atom. The van der Waals surface area contributed by atoms with Gasteiger partial charge < -0.3 is 14.1 Å². The van der Waals surface area contributed by atoms with Gasteiger partial charge in [0.15, 0.2) is 0 Å². The average molecular weight is 299 g/mol. The van der Waals surface area contributed by atoms with Crippen molar-refractivity contribution < 1.29 is 13.9 Å². The van der Waals surface area contributed by atoms with Gasteiger partial charge in [0.25, 0.3) is 5.91 Å². The second-order valence-corrected chi connectivity index (χ2v) is 5.84. The molecule has 22 heavy (non-hydrogen) atoms. The first-order valence-corrected chi connectivity index (χ1v) is 7.58. The fourth-order valence-corrected chi connectivity index (χ4v) is 3.11. The molecule has 3 rings (SSSR count). The summed E-state index contributed by atoms with van der Waals surface area (Å²) < 4.78 is 10.7. The van der Waals surface area contributed by atoms with Crippen LogP contribution in [-0.2, 0) is 0 Å². The third-order valence-electron chi connectivity index (χ3n) is 4.33. The van der Waals surface area contributed by atoms with Crippen LogP contribution in [-0.4, -0.2) is 31.0 Å². The van der Waals surface area contributed by atoms with Crippen LogP contribution in [0.25, 0.3) is 0 Å². The van der Waals surface area contributed by atoms with E-state index in [4.69, 9.17) is 9.15 Å². The molecule has 1 aromatic heterocycles. The number of nitrogens with zero attached hydrogens (tertiary/aromatic N) is 1. The zero-order chi connectivity index (χ0) is 15.7. The van der Waals surface area contributed by atoms with Gasteiger partial charge in [0.1, 0.15) is 17.3 Å². The van der Waals surface area contributed by atoms with Crippen LogP contribution in [0.4, 0.5) is 0 Å². The first-order chi connectivity index (χ1) is 10.6. The van der Waals surface area contributed by atoms with Crippen molar-refractivity contribution in [3.63, 3.8) is 0 Å². The van der Waals surface area contributed by atoms with E-state index in [2.05, 4.69) is 12.1 Å². The number of likely N-dealkylation sites (tertiary alicyclic amines) is 1. The van der Waals surface area contributed by atoms with Gasteiger partial charge in [-0.3, -0.25) is 4.79 Å². The maximum absolute atomic E-state index is 12.6. The van der Waals surface area contributed by atoms with E-state index < -0.39 is 0 Å². The van der Waals surface area contributed by atoms with Gasteiger partial charge in [0.05, 0.1) is 12.7 Å². The van der Waals surface area contributed by atoms with Crippen molar-refractivity contribution in [1.82, 2.24) is 4.90 Å². The van der Waals surface area contributed by atoms with E-state index in [-0.39, 0.29) is 5.91 Å². The molecule has 1 atom stereocenters. The summed E-state index contributed by atoms with van der Waals surface area (Å²) in [4.78, 5) is 14.5. The van der Waals surface area contributed by atoms with E-state index in [0.29, 0.717) is 17.2 Å². The van der Waals surface area contributed by atoms with Gasteiger partial charge in [-0.15, -0.1) is 0 Å². The van der Waals surface area contributed by atoms with Crippen molar-refractivity contribution in [2.45, 2.75) is 26.2 Å². The minimum Gasteiger partial charge on any atom is -0.497 e. The van der Waals surface area contributed by atoms with Crippen LogP contribution in [0, 0.1) is 13.8 Å². The molecule has 2 heterocycles. The standard InChI is InChI=1S/C18H21NO3/c1-12-10-17(13(2)22-12)18(20)19-9-8-15(11-19)14-4-6-16(21-3)7-5-14/h4-7,10,15H,8-9,11H2,1-3H3/t15-/m0/s1. The van der Waals surface area contributed by atoms with Gasteiger partial charge in [-0.2, -0.15) is 0 Å². The number of hydrogen-bond acceptors (Lipinski definition) is 3. The van der Waals surface area contributed by atoms with Crippen LogP contribution in [0.3, 0.4) is 0 Å². The molecular weight excluding hydrogens is 278 g/mol. The third kappa shape index (κ3) is 2.73. The van der Waals surface area contributed by atoms with Crippen molar-refractivity contribution in [2.75, 3.05) is 20.2 Å². The van der Waals surface area contributed by atoms with E-state index in [9.17, 15) is 4.79 Å². The molecule has 1 amide bonds. The summed E-state index contributed by atoms with van der Waals surface area (Å²) in [6, 6.07) is 9.96. The summed E-state index contributed by atoms with van der Waals surface area (Å²) in [5.74, 6) is 2.81. The highest BCUT2D eigenvalue weighted by Gasteiger charge is 2.29. The number of hydrogen-bond donors (Lipinski definition) is 0. The number of rotatable bonds is 3. The Bertz CT molecular complexity index is 672. The van der Waals surface area contributed by atoms with Crippen molar-refractivity contribution >= 4 is 5.91 Å². The summed E-state index contributed by atoms with van der Waals surface area (Å²) in [7, 11) is 1.67. The lowest BCUT2D eigenvalue weighted by Gasteiger charge is -2.16. The molecule has 0 saturated carbocycles. The minimum absolute atomic E-state index is 0.0744. The van der Waals surface area contributed by atoms with Crippen LogP contribution in [0.15, 0.2) is 34.7 Å². The molecule has 2 aromatic rings. The maximum atomic E-state index is 12.6. The molecule has 1 fully saturated rings. The van der Waals surface area contributed by atoms with Crippen molar-refractivity contribution in [3.8, 4) is 5.75 Å². The summed E-state index contributed by atoms with van der Waals surface area (Å²) in [6.45, 7) is 5.26. The van der Waals surface area contributed by atoms with Crippen molar-refractivity contribution in [1.29, 1.82) is 0 Å². The Labute approximate surface area is 130 Å². The lowest BCUT2D eigenvalue weighted by Crippen LogP contribution is -2.28. The van der Waals surface area contributed by atoms with E-state index >= 15 is 0 Å². The van der Waals surface area contributed by atoms with Gasteiger partial charge in [0, 0.05) is 19.0 Å². The first-order valence-electron chi connectivity index (χ1n) is 7.58. The van der Waals surface area contributed by atoms with Gasteiger partial charge in [-0.05, 0) is 44.0 Å². The quantitative estimate of drug-likeness (QED) is 0.870. The summed E-state index contributed by atoms with van der Waals surface area (Å²) in [5, 5.41) is 0. The van der Waals surface area contributed by atoms with Gasteiger partial charge >= 0.3 is 0 Å². The number of ether oxygens (including phenoxy) is 1. The fraction of sp³-hybridized carbons (Fsp3) is 0.389. The number of amides is 1. The number of furan rings is 1.